The van der Waals surface area contributed by atoms with Crippen molar-refractivity contribution in [2.75, 3.05) is 11.9 Å². The smallest absolute Gasteiger partial charge is 0.394 e. The first-order valence-electron chi connectivity index (χ1n) is 6.93. The highest BCUT2D eigenvalue weighted by Crippen LogP contribution is 2.41. The molecule has 0 aliphatic heterocycles. The SMILES string of the molecule is Cc1cc(NC(C)(CO)C2CC2)n2nc(C(F)(F)F)nc2n1. The number of aromatic nitrogens is 4. The van der Waals surface area contributed by atoms with E-state index in [-0.39, 0.29) is 18.3 Å². The van der Waals surface area contributed by atoms with Gasteiger partial charge in [0.1, 0.15) is 5.82 Å². The standard InChI is InChI=1S/C13H16F3N5O/c1-7-5-9(19-12(2,6-22)8-3-4-8)21-11(17-7)18-10(20-21)13(14,15)16/h5,8,19,22H,3-4,6H2,1-2H3. The van der Waals surface area contributed by atoms with Crippen molar-refractivity contribution in [3.8, 4) is 0 Å². The van der Waals surface area contributed by atoms with Gasteiger partial charge in [0.25, 0.3) is 11.6 Å². The molecule has 9 heteroatoms. The maximum absolute atomic E-state index is 12.8. The Kier molecular flexibility index (Phi) is 3.28. The summed E-state index contributed by atoms with van der Waals surface area (Å²) in [5, 5.41) is 16.2. The molecule has 1 aliphatic carbocycles. The molecule has 0 bridgehead atoms. The van der Waals surface area contributed by atoms with Crippen LogP contribution in [-0.4, -0.2) is 36.8 Å². The number of hydrogen-bond donors (Lipinski definition) is 2. The minimum absolute atomic E-state index is 0.120. The summed E-state index contributed by atoms with van der Waals surface area (Å²) in [6.07, 6.45) is -2.68. The first kappa shape index (κ1) is 15.0. The minimum atomic E-state index is -4.63. The van der Waals surface area contributed by atoms with Crippen molar-refractivity contribution in [1.82, 2.24) is 19.6 Å². The van der Waals surface area contributed by atoms with Gasteiger partial charge in [-0.05, 0) is 32.6 Å². The highest BCUT2D eigenvalue weighted by atomic mass is 19.4. The van der Waals surface area contributed by atoms with Gasteiger partial charge in [0.2, 0.25) is 0 Å². The Morgan fingerprint density at radius 2 is 2.05 bits per heavy atom. The van der Waals surface area contributed by atoms with Crippen LogP contribution < -0.4 is 5.32 Å². The van der Waals surface area contributed by atoms with Crippen molar-refractivity contribution in [3.05, 3.63) is 17.6 Å². The number of rotatable bonds is 4. The number of alkyl halides is 3. The van der Waals surface area contributed by atoms with Gasteiger partial charge < -0.3 is 10.4 Å². The lowest BCUT2D eigenvalue weighted by Crippen LogP contribution is -2.41. The van der Waals surface area contributed by atoms with Gasteiger partial charge in [-0.3, -0.25) is 0 Å². The van der Waals surface area contributed by atoms with Crippen molar-refractivity contribution in [2.45, 2.75) is 38.4 Å². The van der Waals surface area contributed by atoms with E-state index in [4.69, 9.17) is 0 Å². The molecule has 0 saturated heterocycles. The van der Waals surface area contributed by atoms with E-state index in [0.717, 1.165) is 17.4 Å². The predicted octanol–water partition coefficient (Wildman–Crippen LogP) is 2.02. The van der Waals surface area contributed by atoms with E-state index in [9.17, 15) is 18.3 Å². The van der Waals surface area contributed by atoms with Crippen LogP contribution in [0.5, 0.6) is 0 Å². The average molecular weight is 315 g/mol. The molecular formula is C13H16F3N5O. The molecule has 0 radical (unpaired) electrons. The summed E-state index contributed by atoms with van der Waals surface area (Å²) in [6, 6.07) is 1.60. The van der Waals surface area contributed by atoms with E-state index >= 15 is 0 Å². The Morgan fingerprint density at radius 1 is 1.36 bits per heavy atom. The third-order valence-corrected chi connectivity index (χ3v) is 3.91. The molecule has 2 aromatic rings. The Morgan fingerprint density at radius 3 is 2.59 bits per heavy atom. The molecule has 120 valence electrons. The lowest BCUT2D eigenvalue weighted by Gasteiger charge is -2.30. The molecule has 1 fully saturated rings. The molecule has 22 heavy (non-hydrogen) atoms. The summed E-state index contributed by atoms with van der Waals surface area (Å²) in [5.41, 5.74) is -0.0855. The van der Waals surface area contributed by atoms with Gasteiger partial charge in [-0.2, -0.15) is 22.7 Å². The Hall–Kier alpha value is -1.90. The first-order chi connectivity index (χ1) is 10.2. The Bertz CT molecular complexity index is 709. The fourth-order valence-electron chi connectivity index (χ4n) is 2.48. The zero-order chi connectivity index (χ0) is 16.1. The number of aryl methyl sites for hydroxylation is 1. The monoisotopic (exact) mass is 315 g/mol. The maximum atomic E-state index is 12.8. The number of nitrogens with one attached hydrogen (secondary N) is 1. The molecular weight excluding hydrogens is 299 g/mol. The molecule has 6 nitrogen and oxygen atoms in total. The van der Waals surface area contributed by atoms with Crippen LogP contribution in [0.3, 0.4) is 0 Å². The molecule has 1 atom stereocenters. The Balaban J connectivity index is 2.06. The van der Waals surface area contributed by atoms with Gasteiger partial charge in [0.15, 0.2) is 0 Å². The summed E-state index contributed by atoms with van der Waals surface area (Å²) in [4.78, 5) is 7.41. The number of aliphatic hydroxyl groups is 1. The lowest BCUT2D eigenvalue weighted by molar-refractivity contribution is -0.144. The third kappa shape index (κ3) is 2.60. The van der Waals surface area contributed by atoms with E-state index in [2.05, 4.69) is 20.4 Å². The van der Waals surface area contributed by atoms with E-state index in [0.29, 0.717) is 11.5 Å². The summed E-state index contributed by atoms with van der Waals surface area (Å²) >= 11 is 0. The minimum Gasteiger partial charge on any atom is -0.394 e. The number of nitrogens with zero attached hydrogens (tertiary/aromatic N) is 4. The molecule has 1 unspecified atom stereocenters. The fraction of sp³-hybridized carbons (Fsp3) is 0.615. The van der Waals surface area contributed by atoms with Crippen LogP contribution in [0.1, 0.15) is 31.3 Å². The second-order valence-corrected chi connectivity index (χ2v) is 5.90. The topological polar surface area (TPSA) is 75.3 Å². The van der Waals surface area contributed by atoms with Gasteiger partial charge in [0, 0.05) is 11.8 Å². The van der Waals surface area contributed by atoms with Gasteiger partial charge in [-0.15, -0.1) is 5.10 Å². The van der Waals surface area contributed by atoms with Crippen LogP contribution in [0.25, 0.3) is 5.78 Å². The number of hydrogen-bond acceptors (Lipinski definition) is 5. The van der Waals surface area contributed by atoms with Crippen molar-refractivity contribution in [2.24, 2.45) is 5.92 Å². The Labute approximate surface area is 124 Å². The van der Waals surface area contributed by atoms with E-state index in [1.165, 1.54) is 0 Å². The normalized spacial score (nSPS) is 18.5. The highest BCUT2D eigenvalue weighted by molar-refractivity contribution is 5.47. The number of halogens is 3. The average Bonchev–Trinajstić information content (AvgIpc) is 3.18. The first-order valence-corrected chi connectivity index (χ1v) is 6.93. The lowest BCUT2D eigenvalue weighted by atomic mass is 9.97. The quantitative estimate of drug-likeness (QED) is 0.903. The number of anilines is 1. The molecule has 0 spiro atoms. The van der Waals surface area contributed by atoms with Crippen LogP contribution in [0.4, 0.5) is 19.0 Å². The molecule has 2 heterocycles. The van der Waals surface area contributed by atoms with Crippen LogP contribution in [0, 0.1) is 12.8 Å². The molecule has 2 aromatic heterocycles. The van der Waals surface area contributed by atoms with Crippen molar-refractivity contribution >= 4 is 11.6 Å². The van der Waals surface area contributed by atoms with Crippen molar-refractivity contribution < 1.29 is 18.3 Å². The molecule has 3 rings (SSSR count). The van der Waals surface area contributed by atoms with E-state index < -0.39 is 17.5 Å². The zero-order valence-electron chi connectivity index (χ0n) is 12.1. The highest BCUT2D eigenvalue weighted by Gasteiger charge is 2.42. The molecule has 0 amide bonds. The number of aliphatic hydroxyl groups excluding tert-OH is 1. The van der Waals surface area contributed by atoms with E-state index in [1.807, 2.05) is 6.92 Å². The fourth-order valence-corrected chi connectivity index (χ4v) is 2.48. The summed E-state index contributed by atoms with van der Waals surface area (Å²) in [5.74, 6) is -0.725. The molecule has 1 saturated carbocycles. The van der Waals surface area contributed by atoms with Crippen LogP contribution in [0.2, 0.25) is 0 Å². The van der Waals surface area contributed by atoms with Crippen LogP contribution >= 0.6 is 0 Å². The van der Waals surface area contributed by atoms with Gasteiger partial charge >= 0.3 is 6.18 Å². The van der Waals surface area contributed by atoms with Crippen LogP contribution in [-0.2, 0) is 6.18 Å². The zero-order valence-corrected chi connectivity index (χ0v) is 12.1. The second-order valence-electron chi connectivity index (χ2n) is 5.90. The van der Waals surface area contributed by atoms with Crippen LogP contribution in [0.15, 0.2) is 6.07 Å². The second kappa shape index (κ2) is 4.80. The number of fused-ring (bicyclic) bond motifs is 1. The molecule has 0 aromatic carbocycles. The largest absolute Gasteiger partial charge is 0.453 e. The van der Waals surface area contributed by atoms with Gasteiger partial charge in [-0.1, -0.05) is 0 Å². The van der Waals surface area contributed by atoms with Gasteiger partial charge in [-0.25, -0.2) is 4.98 Å². The summed E-state index contributed by atoms with van der Waals surface area (Å²) in [7, 11) is 0. The third-order valence-electron chi connectivity index (χ3n) is 3.91. The summed E-state index contributed by atoms with van der Waals surface area (Å²) < 4.78 is 39.4. The van der Waals surface area contributed by atoms with E-state index in [1.54, 1.807) is 13.0 Å². The molecule has 2 N–H and O–H groups in total. The molecule has 1 aliphatic rings. The van der Waals surface area contributed by atoms with Gasteiger partial charge in [0.05, 0.1) is 12.1 Å². The van der Waals surface area contributed by atoms with Crippen molar-refractivity contribution in [3.63, 3.8) is 0 Å². The summed E-state index contributed by atoms with van der Waals surface area (Å²) in [6.45, 7) is 3.38. The maximum Gasteiger partial charge on any atom is 0.453 e. The van der Waals surface area contributed by atoms with Crippen molar-refractivity contribution in [1.29, 1.82) is 0 Å². The predicted molar refractivity (Wildman–Crippen MR) is 72.4 cm³/mol.